The lowest BCUT2D eigenvalue weighted by Gasteiger charge is -2.07. The average molecular weight is 461 g/mol. The van der Waals surface area contributed by atoms with Gasteiger partial charge in [-0.05, 0) is 54.1 Å². The number of carbonyl (C=O) groups is 1. The molecule has 0 atom stereocenters. The molecule has 0 fully saturated rings. The molecule has 0 saturated carbocycles. The van der Waals surface area contributed by atoms with Crippen molar-refractivity contribution in [3.63, 3.8) is 0 Å². The zero-order chi connectivity index (χ0) is 23.4. The number of hydrogen-bond acceptors (Lipinski definition) is 7. The predicted octanol–water partition coefficient (Wildman–Crippen LogP) is 5.65. The number of aromatic nitrogens is 1. The molecule has 1 N–H and O–H groups in total. The Morgan fingerprint density at radius 3 is 2.24 bits per heavy atom. The number of amides is 1. The second-order valence-electron chi connectivity index (χ2n) is 6.88. The summed E-state index contributed by atoms with van der Waals surface area (Å²) in [4.78, 5) is 28.9. The molecule has 0 aliphatic rings. The molecule has 4 rings (SSSR count). The van der Waals surface area contributed by atoms with Gasteiger partial charge in [-0.15, -0.1) is 0 Å². The van der Waals surface area contributed by atoms with Crippen molar-refractivity contribution in [2.75, 3.05) is 19.5 Å². The molecule has 1 amide bonds. The number of benzene rings is 3. The zero-order valence-corrected chi connectivity index (χ0v) is 18.6. The number of nitrogens with zero attached hydrogens (tertiary/aromatic N) is 2. The Kier molecular flexibility index (Phi) is 6.32. The molecule has 0 saturated heterocycles. The SMILES string of the molecule is COc1ccc(-c2sc(NC(=O)c3ccccc3OC)nc2-c2ccc([N+](=O)[O-])cc2)cc1. The highest BCUT2D eigenvalue weighted by Crippen LogP contribution is 2.40. The Labute approximate surface area is 193 Å². The number of para-hydroxylation sites is 1. The van der Waals surface area contributed by atoms with Gasteiger partial charge in [-0.2, -0.15) is 0 Å². The normalized spacial score (nSPS) is 10.5. The van der Waals surface area contributed by atoms with Crippen molar-refractivity contribution in [1.82, 2.24) is 4.98 Å². The highest BCUT2D eigenvalue weighted by molar-refractivity contribution is 7.19. The molecule has 9 heteroatoms. The van der Waals surface area contributed by atoms with Crippen molar-refractivity contribution in [1.29, 1.82) is 0 Å². The third-order valence-corrected chi connectivity index (χ3v) is 5.92. The first-order chi connectivity index (χ1) is 16.0. The number of nitro groups is 1. The predicted molar refractivity (Wildman–Crippen MR) is 127 cm³/mol. The first-order valence-electron chi connectivity index (χ1n) is 9.84. The second-order valence-corrected chi connectivity index (χ2v) is 7.88. The van der Waals surface area contributed by atoms with Gasteiger partial charge in [-0.3, -0.25) is 20.2 Å². The number of anilines is 1. The van der Waals surface area contributed by atoms with Gasteiger partial charge in [0.1, 0.15) is 11.5 Å². The van der Waals surface area contributed by atoms with E-state index in [9.17, 15) is 14.9 Å². The summed E-state index contributed by atoms with van der Waals surface area (Å²) in [5.74, 6) is 0.820. The summed E-state index contributed by atoms with van der Waals surface area (Å²) in [7, 11) is 3.10. The molecular weight excluding hydrogens is 442 g/mol. The van der Waals surface area contributed by atoms with Crippen LogP contribution in [0.2, 0.25) is 0 Å². The molecule has 0 spiro atoms. The van der Waals surface area contributed by atoms with Crippen LogP contribution < -0.4 is 14.8 Å². The summed E-state index contributed by atoms with van der Waals surface area (Å²) >= 11 is 1.31. The summed E-state index contributed by atoms with van der Waals surface area (Å²) in [6.07, 6.45) is 0. The smallest absolute Gasteiger partial charge is 0.269 e. The van der Waals surface area contributed by atoms with Gasteiger partial charge >= 0.3 is 0 Å². The molecule has 3 aromatic carbocycles. The third-order valence-electron chi connectivity index (χ3n) is 4.90. The van der Waals surface area contributed by atoms with Crippen LogP contribution in [0.1, 0.15) is 10.4 Å². The molecule has 1 aromatic heterocycles. The minimum Gasteiger partial charge on any atom is -0.497 e. The van der Waals surface area contributed by atoms with Crippen LogP contribution in [0.4, 0.5) is 10.8 Å². The van der Waals surface area contributed by atoms with Crippen LogP contribution in [-0.2, 0) is 0 Å². The Morgan fingerprint density at radius 1 is 0.939 bits per heavy atom. The summed E-state index contributed by atoms with van der Waals surface area (Å²) in [6, 6.07) is 20.5. The van der Waals surface area contributed by atoms with E-state index >= 15 is 0 Å². The maximum absolute atomic E-state index is 12.9. The Morgan fingerprint density at radius 2 is 1.61 bits per heavy atom. The molecule has 4 aromatic rings. The topological polar surface area (TPSA) is 104 Å². The molecule has 0 radical (unpaired) electrons. The quantitative estimate of drug-likeness (QED) is 0.282. The molecule has 1 heterocycles. The van der Waals surface area contributed by atoms with Gasteiger partial charge in [0.2, 0.25) is 0 Å². The van der Waals surface area contributed by atoms with Crippen molar-refractivity contribution in [2.24, 2.45) is 0 Å². The van der Waals surface area contributed by atoms with Crippen LogP contribution in [0.3, 0.4) is 0 Å². The zero-order valence-electron chi connectivity index (χ0n) is 17.8. The van der Waals surface area contributed by atoms with Crippen LogP contribution in [0, 0.1) is 10.1 Å². The number of nitro benzene ring substituents is 1. The summed E-state index contributed by atoms with van der Waals surface area (Å²) in [5, 5.41) is 14.3. The lowest BCUT2D eigenvalue weighted by molar-refractivity contribution is -0.384. The van der Waals surface area contributed by atoms with Gasteiger partial charge in [0.15, 0.2) is 5.13 Å². The number of thiazole rings is 1. The number of non-ortho nitro benzene ring substituents is 1. The summed E-state index contributed by atoms with van der Waals surface area (Å²) in [6.45, 7) is 0. The van der Waals surface area contributed by atoms with Crippen molar-refractivity contribution in [3.05, 3.63) is 88.5 Å². The van der Waals surface area contributed by atoms with Crippen LogP contribution in [0.15, 0.2) is 72.8 Å². The number of rotatable bonds is 7. The fourth-order valence-electron chi connectivity index (χ4n) is 3.24. The van der Waals surface area contributed by atoms with Gasteiger partial charge in [0.05, 0.1) is 35.3 Å². The van der Waals surface area contributed by atoms with Crippen LogP contribution in [-0.4, -0.2) is 30.0 Å². The molecular formula is C24H19N3O5S. The monoisotopic (exact) mass is 461 g/mol. The lowest BCUT2D eigenvalue weighted by atomic mass is 10.1. The minimum atomic E-state index is -0.450. The van der Waals surface area contributed by atoms with Crippen LogP contribution in [0.5, 0.6) is 11.5 Å². The van der Waals surface area contributed by atoms with E-state index in [0.717, 1.165) is 10.4 Å². The Bertz CT molecular complexity index is 1300. The van der Waals surface area contributed by atoms with Gasteiger partial charge in [-0.1, -0.05) is 23.5 Å². The Balaban J connectivity index is 1.74. The molecule has 0 bridgehead atoms. The van der Waals surface area contributed by atoms with Gasteiger partial charge < -0.3 is 9.47 Å². The first-order valence-corrected chi connectivity index (χ1v) is 10.7. The fourth-order valence-corrected chi connectivity index (χ4v) is 4.23. The van der Waals surface area contributed by atoms with E-state index in [4.69, 9.17) is 9.47 Å². The van der Waals surface area contributed by atoms with Crippen LogP contribution >= 0.6 is 11.3 Å². The van der Waals surface area contributed by atoms with Gasteiger partial charge in [0.25, 0.3) is 11.6 Å². The number of hydrogen-bond donors (Lipinski definition) is 1. The van der Waals surface area contributed by atoms with E-state index in [2.05, 4.69) is 10.3 Å². The van der Waals surface area contributed by atoms with Crippen molar-refractivity contribution in [2.45, 2.75) is 0 Å². The molecule has 0 aliphatic carbocycles. The third kappa shape index (κ3) is 4.68. The van der Waals surface area contributed by atoms with E-state index in [0.29, 0.717) is 33.5 Å². The van der Waals surface area contributed by atoms with Crippen molar-refractivity contribution < 1.29 is 19.2 Å². The van der Waals surface area contributed by atoms with Crippen molar-refractivity contribution in [3.8, 4) is 33.2 Å². The number of methoxy groups -OCH3 is 2. The average Bonchev–Trinajstić information content (AvgIpc) is 3.27. The van der Waals surface area contributed by atoms with E-state index < -0.39 is 4.92 Å². The first kappa shape index (κ1) is 22.0. The van der Waals surface area contributed by atoms with Crippen molar-refractivity contribution >= 4 is 28.1 Å². The van der Waals surface area contributed by atoms with E-state index in [1.807, 2.05) is 24.3 Å². The summed E-state index contributed by atoms with van der Waals surface area (Å²) < 4.78 is 10.5. The maximum atomic E-state index is 12.9. The van der Waals surface area contributed by atoms with E-state index in [-0.39, 0.29) is 11.6 Å². The number of nitrogens with one attached hydrogen (secondary N) is 1. The molecule has 0 aliphatic heterocycles. The maximum Gasteiger partial charge on any atom is 0.269 e. The van der Waals surface area contributed by atoms with E-state index in [1.54, 1.807) is 43.5 Å². The fraction of sp³-hybridized carbons (Fsp3) is 0.0833. The van der Waals surface area contributed by atoms with Gasteiger partial charge in [-0.25, -0.2) is 4.98 Å². The molecule has 8 nitrogen and oxygen atoms in total. The van der Waals surface area contributed by atoms with Crippen LogP contribution in [0.25, 0.3) is 21.7 Å². The standard InChI is InChI=1S/C24H19N3O5S/c1-31-18-13-9-16(10-14-18)22-21(15-7-11-17(12-8-15)27(29)30)25-24(33-22)26-23(28)19-5-3-4-6-20(19)32-2/h3-14H,1-2H3,(H,25,26,28). The number of ether oxygens (including phenoxy) is 2. The molecule has 33 heavy (non-hydrogen) atoms. The highest BCUT2D eigenvalue weighted by Gasteiger charge is 2.19. The number of carbonyl (C=O) groups excluding carboxylic acids is 1. The minimum absolute atomic E-state index is 0.00956. The van der Waals surface area contributed by atoms with E-state index in [1.165, 1.54) is 30.6 Å². The Hall–Kier alpha value is -4.24. The molecule has 166 valence electrons. The van der Waals surface area contributed by atoms with Gasteiger partial charge in [0, 0.05) is 17.7 Å². The highest BCUT2D eigenvalue weighted by atomic mass is 32.1. The summed E-state index contributed by atoms with van der Waals surface area (Å²) in [5.41, 5.74) is 2.55. The molecule has 0 unspecified atom stereocenters. The second kappa shape index (κ2) is 9.49. The largest absolute Gasteiger partial charge is 0.497 e. The lowest BCUT2D eigenvalue weighted by Crippen LogP contribution is -2.12.